The Kier molecular flexibility index (Phi) is 15.4. The second kappa shape index (κ2) is 18.3. The van der Waals surface area contributed by atoms with Gasteiger partial charge in [0.25, 0.3) is 0 Å². The maximum absolute atomic E-state index is 12.0. The normalized spacial score (nSPS) is 10.9. The van der Waals surface area contributed by atoms with Crippen molar-refractivity contribution < 1.29 is 22.4 Å². The summed E-state index contributed by atoms with van der Waals surface area (Å²) in [5.41, 5.74) is 2.16. The van der Waals surface area contributed by atoms with Gasteiger partial charge in [-0.25, -0.2) is 4.79 Å². The molecule has 0 aromatic heterocycles. The van der Waals surface area contributed by atoms with Crippen LogP contribution in [0, 0.1) is 0 Å². The van der Waals surface area contributed by atoms with Gasteiger partial charge in [-0.2, -0.15) is 0 Å². The van der Waals surface area contributed by atoms with Crippen LogP contribution in [0.2, 0.25) is 0 Å². The quantitative estimate of drug-likeness (QED) is 0.127. The third-order valence-electron chi connectivity index (χ3n) is 6.16. The van der Waals surface area contributed by atoms with Gasteiger partial charge >= 0.3 is 5.97 Å². The van der Waals surface area contributed by atoms with Gasteiger partial charge in [0.2, 0.25) is 0 Å². The molecule has 0 bridgehead atoms. The van der Waals surface area contributed by atoms with E-state index in [0.717, 1.165) is 35.5 Å². The molecule has 0 radical (unpaired) electrons. The molecule has 2 aromatic rings. The van der Waals surface area contributed by atoms with Crippen molar-refractivity contribution >= 4 is 29.0 Å². The van der Waals surface area contributed by atoms with Gasteiger partial charge in [0.05, 0.1) is 18.8 Å². The van der Waals surface area contributed by atoms with Crippen LogP contribution in [0.15, 0.2) is 36.4 Å². The Balaban J connectivity index is 2.04. The third-order valence-corrected chi connectivity index (χ3v) is 6.56. The molecule has 0 aliphatic carbocycles. The lowest BCUT2D eigenvalue weighted by Crippen LogP contribution is -2.02. The number of phenols is 1. The summed E-state index contributed by atoms with van der Waals surface area (Å²) in [7, 11) is 0. The van der Waals surface area contributed by atoms with Crippen LogP contribution in [-0.4, -0.2) is 24.3 Å². The first kappa shape index (κ1) is 30.3. The minimum absolute atomic E-state index is 0.0410. The zero-order chi connectivity index (χ0) is 26.0. The van der Waals surface area contributed by atoms with Gasteiger partial charge < -0.3 is 17.6 Å². The highest BCUT2D eigenvalue weighted by molar-refractivity contribution is 14.1. The minimum atomic E-state index is -0.480. The highest BCUT2D eigenvalue weighted by atomic mass is 127. The number of phenolic OH excluding ortho intramolecular Hbond substituents is 1. The summed E-state index contributed by atoms with van der Waals surface area (Å²) in [6.07, 6.45) is 15.2. The molecular weight excluding hydrogens is 567 g/mol. The van der Waals surface area contributed by atoms with Crippen molar-refractivity contribution in [3.05, 3.63) is 53.1 Å². The summed E-state index contributed by atoms with van der Waals surface area (Å²) in [5, 5.41) is 10.1. The van der Waals surface area contributed by atoms with Crippen LogP contribution >= 0.6 is 23.0 Å². The Morgan fingerprint density at radius 1 is 0.694 bits per heavy atom. The lowest BCUT2D eigenvalue weighted by Gasteiger charge is -2.13. The average Bonchev–Trinajstić information content (AvgIpc) is 2.86. The Labute approximate surface area is 231 Å². The van der Waals surface area contributed by atoms with Crippen molar-refractivity contribution in [2.75, 3.05) is 13.2 Å². The van der Waals surface area contributed by atoms with E-state index in [2.05, 4.69) is 13.8 Å². The summed E-state index contributed by atoms with van der Waals surface area (Å²) in [4.78, 5) is 12.0. The molecule has 0 aliphatic rings. The molecular formula is C30H43IO5. The summed E-state index contributed by atoms with van der Waals surface area (Å²) in [6.45, 7) is 5.83. The minimum Gasteiger partial charge on any atom is -0.508 e. The number of unbranched alkanes of at least 4 members (excludes halogenated alkanes) is 10. The second-order valence-corrected chi connectivity index (χ2v) is 9.92. The van der Waals surface area contributed by atoms with E-state index in [1.165, 1.54) is 70.3 Å². The van der Waals surface area contributed by atoms with E-state index in [1.54, 1.807) is 35.1 Å². The van der Waals surface area contributed by atoms with Crippen molar-refractivity contribution in [3.8, 4) is 17.2 Å². The Morgan fingerprint density at radius 2 is 1.19 bits per heavy atom. The summed E-state index contributed by atoms with van der Waals surface area (Å²) >= 11 is 1.56. The van der Waals surface area contributed by atoms with Crippen LogP contribution in [0.1, 0.15) is 112 Å². The van der Waals surface area contributed by atoms with E-state index >= 15 is 0 Å². The number of halogens is 1. The summed E-state index contributed by atoms with van der Waals surface area (Å²) in [5.74, 6) is 1.16. The van der Waals surface area contributed by atoms with E-state index in [9.17, 15) is 9.90 Å². The van der Waals surface area contributed by atoms with Gasteiger partial charge in [0, 0.05) is 6.07 Å². The van der Waals surface area contributed by atoms with Gasteiger partial charge in [0.1, 0.15) is 17.2 Å². The predicted octanol–water partition coefficient (Wildman–Crippen LogP) is 8.97. The average molecular weight is 611 g/mol. The van der Waals surface area contributed by atoms with Gasteiger partial charge in [-0.05, 0) is 60.7 Å². The van der Waals surface area contributed by atoms with Crippen LogP contribution in [0.4, 0.5) is 0 Å². The zero-order valence-corrected chi connectivity index (χ0v) is 24.2. The standard InChI is InChI=1S/C30H43IO5/c1-3-5-7-9-11-13-15-34-28-20-25(17-24-18-26(30(33)36-31)22-27(32)19-24)21-29(23-28)35-16-14-12-10-8-6-4-2/h18-23,32H,3-17H2,1-2H3. The number of aromatic hydroxyl groups is 1. The molecule has 2 aromatic carbocycles. The lowest BCUT2D eigenvalue weighted by atomic mass is 10.0. The smallest absolute Gasteiger partial charge is 0.347 e. The maximum atomic E-state index is 12.0. The molecule has 0 unspecified atom stereocenters. The van der Waals surface area contributed by atoms with E-state index in [-0.39, 0.29) is 5.75 Å². The number of hydrogen-bond donors (Lipinski definition) is 1. The Bertz CT molecular complexity index is 863. The molecule has 0 fully saturated rings. The monoisotopic (exact) mass is 610 g/mol. The molecule has 0 aliphatic heterocycles. The van der Waals surface area contributed by atoms with Crippen LogP contribution in [0.25, 0.3) is 0 Å². The molecule has 2 rings (SSSR count). The van der Waals surface area contributed by atoms with E-state index < -0.39 is 5.97 Å². The summed E-state index contributed by atoms with van der Waals surface area (Å²) in [6, 6.07) is 10.9. The fourth-order valence-corrected chi connectivity index (χ4v) is 4.47. The second-order valence-electron chi connectivity index (χ2n) is 9.47. The summed E-state index contributed by atoms with van der Waals surface area (Å²) < 4.78 is 17.0. The topological polar surface area (TPSA) is 65.0 Å². The van der Waals surface area contributed by atoms with E-state index in [0.29, 0.717) is 25.2 Å². The third kappa shape index (κ3) is 12.3. The van der Waals surface area contributed by atoms with Crippen molar-refractivity contribution in [2.45, 2.75) is 97.3 Å². The van der Waals surface area contributed by atoms with Crippen molar-refractivity contribution in [2.24, 2.45) is 0 Å². The molecule has 0 spiro atoms. The van der Waals surface area contributed by atoms with Crippen molar-refractivity contribution in [1.29, 1.82) is 0 Å². The number of hydrogen-bond acceptors (Lipinski definition) is 5. The molecule has 0 saturated carbocycles. The van der Waals surface area contributed by atoms with Crippen molar-refractivity contribution in [3.63, 3.8) is 0 Å². The molecule has 0 amide bonds. The number of rotatable bonds is 19. The van der Waals surface area contributed by atoms with Crippen LogP contribution in [0.3, 0.4) is 0 Å². The van der Waals surface area contributed by atoms with Crippen LogP contribution in [-0.2, 0) is 9.49 Å². The molecule has 0 heterocycles. The largest absolute Gasteiger partial charge is 0.508 e. The SMILES string of the molecule is CCCCCCCCOc1cc(Cc2cc(O)cc(C(=O)OI)c2)cc(OCCCCCCCC)c1. The van der Waals surface area contributed by atoms with Crippen molar-refractivity contribution in [1.82, 2.24) is 0 Å². The molecule has 6 heteroatoms. The predicted molar refractivity (Wildman–Crippen MR) is 155 cm³/mol. The first-order chi connectivity index (χ1) is 17.5. The number of carbonyl (C=O) groups excluding carboxylic acids is 1. The van der Waals surface area contributed by atoms with E-state index in [1.807, 2.05) is 18.2 Å². The first-order valence-electron chi connectivity index (χ1n) is 13.6. The van der Waals surface area contributed by atoms with Gasteiger partial charge in [-0.15, -0.1) is 0 Å². The highest BCUT2D eigenvalue weighted by Crippen LogP contribution is 2.27. The zero-order valence-electron chi connectivity index (χ0n) is 22.0. The first-order valence-corrected chi connectivity index (χ1v) is 14.5. The van der Waals surface area contributed by atoms with Crippen LogP contribution < -0.4 is 9.47 Å². The van der Waals surface area contributed by atoms with Gasteiger partial charge in [-0.1, -0.05) is 78.1 Å². The number of benzene rings is 2. The Morgan fingerprint density at radius 3 is 1.72 bits per heavy atom. The number of carbonyl (C=O) groups is 1. The number of ether oxygens (including phenoxy) is 2. The van der Waals surface area contributed by atoms with E-state index in [4.69, 9.17) is 12.5 Å². The Hall–Kier alpha value is -1.96. The molecule has 36 heavy (non-hydrogen) atoms. The molecule has 0 atom stereocenters. The molecule has 200 valence electrons. The van der Waals surface area contributed by atoms with Gasteiger partial charge in [-0.3, -0.25) is 0 Å². The maximum Gasteiger partial charge on any atom is 0.347 e. The fourth-order valence-electron chi connectivity index (χ4n) is 4.22. The highest BCUT2D eigenvalue weighted by Gasteiger charge is 2.11. The lowest BCUT2D eigenvalue weighted by molar-refractivity contribution is 0.0799. The molecule has 5 nitrogen and oxygen atoms in total. The molecule has 0 saturated heterocycles. The fraction of sp³-hybridized carbons (Fsp3) is 0.567. The van der Waals surface area contributed by atoms with Gasteiger partial charge in [0.15, 0.2) is 23.0 Å². The molecule has 1 N–H and O–H groups in total. The van der Waals surface area contributed by atoms with Crippen LogP contribution in [0.5, 0.6) is 17.2 Å².